The molecule has 1 spiro atoms. The SMILES string of the molecule is O=C(NCc1ccncc1)[C@H]1[C@H]2C(=O)N(C3CCCC3)C[C@]23C=C[C@H]1O3. The molecule has 2 saturated heterocycles. The summed E-state index contributed by atoms with van der Waals surface area (Å²) in [5.74, 6) is -0.797. The maximum absolute atomic E-state index is 13.2. The minimum atomic E-state index is -0.594. The molecule has 4 atom stereocenters. The minimum Gasteiger partial charge on any atom is -0.360 e. The number of fused-ring (bicyclic) bond motifs is 1. The lowest BCUT2D eigenvalue weighted by molar-refractivity contribution is -0.138. The van der Waals surface area contributed by atoms with Gasteiger partial charge < -0.3 is 15.0 Å². The first-order valence-corrected chi connectivity index (χ1v) is 9.52. The highest BCUT2D eigenvalue weighted by molar-refractivity contribution is 5.93. The quantitative estimate of drug-likeness (QED) is 0.831. The molecule has 6 nitrogen and oxygen atoms in total. The highest BCUT2D eigenvalue weighted by Crippen LogP contribution is 2.52. The Bertz CT molecular complexity index is 759. The van der Waals surface area contributed by atoms with E-state index in [1.807, 2.05) is 29.2 Å². The number of nitrogens with zero attached hydrogens (tertiary/aromatic N) is 2. The lowest BCUT2D eigenvalue weighted by Gasteiger charge is -2.27. The van der Waals surface area contributed by atoms with Crippen LogP contribution in [0.15, 0.2) is 36.7 Å². The van der Waals surface area contributed by atoms with Gasteiger partial charge in [0.25, 0.3) is 0 Å². The van der Waals surface area contributed by atoms with Crippen LogP contribution in [0.1, 0.15) is 31.2 Å². The van der Waals surface area contributed by atoms with Crippen molar-refractivity contribution in [2.24, 2.45) is 11.8 Å². The van der Waals surface area contributed by atoms with Gasteiger partial charge in [0, 0.05) is 25.0 Å². The lowest BCUT2D eigenvalue weighted by Crippen LogP contribution is -2.44. The Morgan fingerprint density at radius 1 is 1.31 bits per heavy atom. The van der Waals surface area contributed by atoms with Crippen molar-refractivity contribution in [1.29, 1.82) is 0 Å². The predicted molar refractivity (Wildman–Crippen MR) is 93.8 cm³/mol. The van der Waals surface area contributed by atoms with E-state index in [9.17, 15) is 9.59 Å². The molecule has 1 aromatic heterocycles. The molecule has 0 aromatic carbocycles. The van der Waals surface area contributed by atoms with Crippen molar-refractivity contribution in [1.82, 2.24) is 15.2 Å². The average Bonchev–Trinajstić information content (AvgIpc) is 3.42. The standard InChI is InChI=1S/C20H23N3O3/c24-18(22-11-13-6-9-21-10-7-13)16-15-5-8-20(26-15)12-23(19(25)17(16)20)14-3-1-2-4-14/h5-10,14-17H,1-4,11-12H2,(H,22,24)/t15-,16-,17+,20-/m1/s1. The molecular formula is C20H23N3O3. The number of hydrogen-bond acceptors (Lipinski definition) is 4. The van der Waals surface area contributed by atoms with E-state index >= 15 is 0 Å². The number of likely N-dealkylation sites (tertiary alicyclic amines) is 1. The van der Waals surface area contributed by atoms with Crippen LogP contribution in [-0.4, -0.2) is 46.0 Å². The zero-order chi connectivity index (χ0) is 17.7. The highest BCUT2D eigenvalue weighted by Gasteiger charge is 2.67. The third kappa shape index (κ3) is 2.31. The van der Waals surface area contributed by atoms with Crippen LogP contribution in [0.4, 0.5) is 0 Å². The van der Waals surface area contributed by atoms with E-state index in [0.29, 0.717) is 19.1 Å². The van der Waals surface area contributed by atoms with Gasteiger partial charge in [-0.2, -0.15) is 0 Å². The second kappa shape index (κ2) is 5.91. The summed E-state index contributed by atoms with van der Waals surface area (Å²) in [5.41, 5.74) is 0.399. The number of rotatable bonds is 4. The average molecular weight is 353 g/mol. The Labute approximate surface area is 152 Å². The summed E-state index contributed by atoms with van der Waals surface area (Å²) in [6.45, 7) is 1.04. The van der Waals surface area contributed by atoms with Crippen molar-refractivity contribution in [3.63, 3.8) is 0 Å². The van der Waals surface area contributed by atoms with Crippen LogP contribution < -0.4 is 5.32 Å². The topological polar surface area (TPSA) is 71.5 Å². The number of amides is 2. The second-order valence-corrected chi connectivity index (χ2v) is 7.88. The summed E-state index contributed by atoms with van der Waals surface area (Å²) in [6.07, 6.45) is 11.6. The van der Waals surface area contributed by atoms with Gasteiger partial charge in [0.2, 0.25) is 11.8 Å². The third-order valence-electron chi connectivity index (χ3n) is 6.41. The van der Waals surface area contributed by atoms with Gasteiger partial charge in [0.15, 0.2) is 0 Å². The van der Waals surface area contributed by atoms with Crippen molar-refractivity contribution in [3.05, 3.63) is 42.2 Å². The van der Waals surface area contributed by atoms with Crippen molar-refractivity contribution in [3.8, 4) is 0 Å². The van der Waals surface area contributed by atoms with Crippen LogP contribution >= 0.6 is 0 Å². The van der Waals surface area contributed by atoms with E-state index < -0.39 is 11.5 Å². The van der Waals surface area contributed by atoms with Crippen molar-refractivity contribution in [2.75, 3.05) is 6.54 Å². The molecule has 4 aliphatic rings. The normalized spacial score (nSPS) is 35.3. The van der Waals surface area contributed by atoms with E-state index in [2.05, 4.69) is 10.3 Å². The molecule has 3 aliphatic heterocycles. The van der Waals surface area contributed by atoms with Crippen LogP contribution in [0.5, 0.6) is 0 Å². The van der Waals surface area contributed by atoms with Crippen LogP contribution in [0, 0.1) is 11.8 Å². The monoisotopic (exact) mass is 353 g/mol. The fraction of sp³-hybridized carbons (Fsp3) is 0.550. The van der Waals surface area contributed by atoms with Crippen molar-refractivity contribution in [2.45, 2.75) is 50.0 Å². The van der Waals surface area contributed by atoms with Gasteiger partial charge in [0.1, 0.15) is 5.60 Å². The molecule has 0 unspecified atom stereocenters. The smallest absolute Gasteiger partial charge is 0.230 e. The van der Waals surface area contributed by atoms with Gasteiger partial charge in [-0.3, -0.25) is 14.6 Å². The fourth-order valence-corrected chi connectivity index (χ4v) is 5.16. The number of carbonyl (C=O) groups is 2. The van der Waals surface area contributed by atoms with E-state index in [0.717, 1.165) is 18.4 Å². The van der Waals surface area contributed by atoms with Gasteiger partial charge in [0.05, 0.1) is 24.5 Å². The Morgan fingerprint density at radius 2 is 2.08 bits per heavy atom. The largest absolute Gasteiger partial charge is 0.360 e. The summed E-state index contributed by atoms with van der Waals surface area (Å²) >= 11 is 0. The van der Waals surface area contributed by atoms with Gasteiger partial charge in [-0.1, -0.05) is 25.0 Å². The first-order chi connectivity index (χ1) is 12.7. The molecule has 0 radical (unpaired) electrons. The zero-order valence-corrected chi connectivity index (χ0v) is 14.6. The molecule has 3 fully saturated rings. The third-order valence-corrected chi connectivity index (χ3v) is 6.41. The van der Waals surface area contributed by atoms with Crippen LogP contribution in [0.2, 0.25) is 0 Å². The van der Waals surface area contributed by atoms with Crippen molar-refractivity contribution < 1.29 is 14.3 Å². The van der Waals surface area contributed by atoms with Gasteiger partial charge >= 0.3 is 0 Å². The van der Waals surface area contributed by atoms with E-state index in [1.54, 1.807) is 12.4 Å². The van der Waals surface area contributed by atoms with Gasteiger partial charge in [-0.05, 0) is 30.5 Å². The summed E-state index contributed by atoms with van der Waals surface area (Å²) < 4.78 is 6.19. The molecular weight excluding hydrogens is 330 g/mol. The number of nitrogens with one attached hydrogen (secondary N) is 1. The van der Waals surface area contributed by atoms with Crippen molar-refractivity contribution >= 4 is 11.8 Å². The lowest BCUT2D eigenvalue weighted by atomic mass is 9.77. The molecule has 2 bridgehead atoms. The number of carbonyl (C=O) groups excluding carboxylic acids is 2. The van der Waals surface area contributed by atoms with Gasteiger partial charge in [-0.15, -0.1) is 0 Å². The molecule has 1 aliphatic carbocycles. The maximum atomic E-state index is 13.2. The minimum absolute atomic E-state index is 0.0929. The molecule has 6 heteroatoms. The number of pyridine rings is 1. The summed E-state index contributed by atoms with van der Waals surface area (Å²) in [4.78, 5) is 32.1. The Balaban J connectivity index is 1.34. The second-order valence-electron chi connectivity index (χ2n) is 7.88. The summed E-state index contributed by atoms with van der Waals surface area (Å²) in [6, 6.07) is 4.07. The van der Waals surface area contributed by atoms with E-state index in [1.165, 1.54) is 12.8 Å². The fourth-order valence-electron chi connectivity index (χ4n) is 5.16. The molecule has 26 heavy (non-hydrogen) atoms. The van der Waals surface area contributed by atoms with Gasteiger partial charge in [-0.25, -0.2) is 0 Å². The van der Waals surface area contributed by atoms with E-state index in [-0.39, 0.29) is 23.8 Å². The van der Waals surface area contributed by atoms with E-state index in [4.69, 9.17) is 4.74 Å². The highest BCUT2D eigenvalue weighted by atomic mass is 16.5. The Kier molecular flexibility index (Phi) is 3.64. The van der Waals surface area contributed by atoms with Crippen LogP contribution in [-0.2, 0) is 20.9 Å². The Morgan fingerprint density at radius 3 is 2.85 bits per heavy atom. The first kappa shape index (κ1) is 16.0. The molecule has 4 heterocycles. The molecule has 1 saturated carbocycles. The molecule has 1 N–H and O–H groups in total. The number of aromatic nitrogens is 1. The predicted octanol–water partition coefficient (Wildman–Crippen LogP) is 1.42. The summed E-state index contributed by atoms with van der Waals surface area (Å²) in [7, 11) is 0. The van der Waals surface area contributed by atoms with Crippen LogP contribution in [0.25, 0.3) is 0 Å². The molecule has 136 valence electrons. The Hall–Kier alpha value is -2.21. The molecule has 1 aromatic rings. The number of hydrogen-bond donors (Lipinski definition) is 1. The zero-order valence-electron chi connectivity index (χ0n) is 14.6. The first-order valence-electron chi connectivity index (χ1n) is 9.52. The van der Waals surface area contributed by atoms with Crippen LogP contribution in [0.3, 0.4) is 0 Å². The molecule has 2 amide bonds. The summed E-state index contributed by atoms with van der Waals surface area (Å²) in [5, 5.41) is 2.99. The maximum Gasteiger partial charge on any atom is 0.230 e. The number of ether oxygens (including phenoxy) is 1. The molecule has 5 rings (SSSR count).